The summed E-state index contributed by atoms with van der Waals surface area (Å²) in [6.45, 7) is 1.55. The molecule has 0 unspecified atom stereocenters. The molecule has 0 aliphatic heterocycles. The minimum atomic E-state index is -3.90. The number of hydrogen-bond acceptors (Lipinski definition) is 5. The summed E-state index contributed by atoms with van der Waals surface area (Å²) >= 11 is 0. The van der Waals surface area contributed by atoms with E-state index in [1.807, 2.05) is 0 Å². The summed E-state index contributed by atoms with van der Waals surface area (Å²) in [5.41, 5.74) is -0.00927. The Kier molecular flexibility index (Phi) is 2.70. The Hall–Kier alpha value is -2.16. The van der Waals surface area contributed by atoms with Crippen LogP contribution in [0.25, 0.3) is 0 Å². The van der Waals surface area contributed by atoms with E-state index in [4.69, 9.17) is 5.11 Å². The van der Waals surface area contributed by atoms with Gasteiger partial charge in [0.1, 0.15) is 4.90 Å². The first-order valence-electron chi connectivity index (χ1n) is 4.87. The highest BCUT2D eigenvalue weighted by atomic mass is 32.2. The van der Waals surface area contributed by atoms with Crippen molar-refractivity contribution in [3.05, 3.63) is 29.8 Å². The molecule has 9 heteroatoms. The molecule has 2 heterocycles. The Morgan fingerprint density at radius 2 is 2.06 bits per heavy atom. The van der Waals surface area contributed by atoms with E-state index in [1.165, 1.54) is 10.9 Å². The largest absolute Gasteiger partial charge is 0.476 e. The van der Waals surface area contributed by atoms with Gasteiger partial charge in [-0.15, -0.1) is 0 Å². The van der Waals surface area contributed by atoms with Crippen molar-refractivity contribution in [2.75, 3.05) is 0 Å². The van der Waals surface area contributed by atoms with E-state index in [1.54, 1.807) is 14.0 Å². The third-order valence-corrected chi connectivity index (χ3v) is 3.93. The predicted octanol–water partition coefficient (Wildman–Crippen LogP) is -0.140. The minimum Gasteiger partial charge on any atom is -0.476 e. The van der Waals surface area contributed by atoms with Crippen molar-refractivity contribution in [2.24, 2.45) is 7.05 Å². The Morgan fingerprint density at radius 3 is 2.50 bits per heavy atom. The lowest BCUT2D eigenvalue weighted by Gasteiger charge is -2.01. The lowest BCUT2D eigenvalue weighted by Crippen LogP contribution is -2.15. The summed E-state index contributed by atoms with van der Waals surface area (Å²) in [6.07, 6.45) is 2.43. The van der Waals surface area contributed by atoms with Crippen molar-refractivity contribution >= 4 is 16.0 Å². The maximum atomic E-state index is 12.2. The quantitative estimate of drug-likeness (QED) is 0.831. The molecule has 0 aliphatic rings. The average molecular weight is 270 g/mol. The molecule has 0 fully saturated rings. The first kappa shape index (κ1) is 12.3. The molecule has 0 aliphatic carbocycles. The molecule has 18 heavy (non-hydrogen) atoms. The van der Waals surface area contributed by atoms with E-state index < -0.39 is 16.0 Å². The molecule has 0 saturated carbocycles. The predicted molar refractivity (Wildman–Crippen MR) is 59.7 cm³/mol. The van der Waals surface area contributed by atoms with Crippen molar-refractivity contribution < 1.29 is 18.3 Å². The highest BCUT2D eigenvalue weighted by Gasteiger charge is 2.23. The second-order valence-electron chi connectivity index (χ2n) is 3.64. The highest BCUT2D eigenvalue weighted by Crippen LogP contribution is 2.16. The SMILES string of the molecule is Cc1nn(C)cc1S(=O)(=O)n1ccc(C(=O)O)n1. The number of aromatic carboxylic acids is 1. The molecule has 2 aromatic rings. The van der Waals surface area contributed by atoms with Crippen molar-refractivity contribution in [3.8, 4) is 0 Å². The van der Waals surface area contributed by atoms with E-state index in [2.05, 4.69) is 10.2 Å². The fraction of sp³-hybridized carbons (Fsp3) is 0.222. The van der Waals surface area contributed by atoms with Gasteiger partial charge in [-0.1, -0.05) is 0 Å². The second-order valence-corrected chi connectivity index (χ2v) is 5.40. The van der Waals surface area contributed by atoms with Gasteiger partial charge in [0.05, 0.1) is 5.69 Å². The van der Waals surface area contributed by atoms with Crippen LogP contribution in [0.4, 0.5) is 0 Å². The Labute approximate surface area is 103 Å². The molecule has 2 aromatic heterocycles. The number of hydrogen-bond donors (Lipinski definition) is 1. The molecule has 0 radical (unpaired) electrons. The summed E-state index contributed by atoms with van der Waals surface area (Å²) in [5.74, 6) is -1.29. The zero-order chi connectivity index (χ0) is 13.5. The van der Waals surface area contributed by atoms with Crippen LogP contribution >= 0.6 is 0 Å². The van der Waals surface area contributed by atoms with Gasteiger partial charge in [0.25, 0.3) is 10.0 Å². The van der Waals surface area contributed by atoms with Gasteiger partial charge >= 0.3 is 5.97 Å². The van der Waals surface area contributed by atoms with Gasteiger partial charge in [-0.25, -0.2) is 4.79 Å². The molecule has 96 valence electrons. The number of aromatic nitrogens is 4. The number of rotatable bonds is 3. The van der Waals surface area contributed by atoms with Crippen molar-refractivity contribution in [1.82, 2.24) is 19.0 Å². The molecule has 2 rings (SSSR count). The van der Waals surface area contributed by atoms with Gasteiger partial charge < -0.3 is 5.11 Å². The number of carbonyl (C=O) groups is 1. The fourth-order valence-corrected chi connectivity index (χ4v) is 2.81. The van der Waals surface area contributed by atoms with Crippen LogP contribution in [0.2, 0.25) is 0 Å². The Morgan fingerprint density at radius 1 is 1.39 bits per heavy atom. The standard InChI is InChI=1S/C9H10N4O4S/c1-6-8(5-12(2)10-6)18(16,17)13-4-3-7(11-13)9(14)15/h3-5H,1-2H3,(H,14,15). The van der Waals surface area contributed by atoms with Crippen LogP contribution in [-0.2, 0) is 17.1 Å². The monoisotopic (exact) mass is 270 g/mol. The Bertz CT molecular complexity index is 713. The van der Waals surface area contributed by atoms with Crippen LogP contribution in [0.3, 0.4) is 0 Å². The molecule has 0 bridgehead atoms. The van der Waals surface area contributed by atoms with E-state index in [-0.39, 0.29) is 10.6 Å². The first-order chi connectivity index (χ1) is 8.32. The molecule has 1 N–H and O–H groups in total. The maximum absolute atomic E-state index is 12.2. The number of nitrogens with zero attached hydrogens (tertiary/aromatic N) is 4. The summed E-state index contributed by atoms with van der Waals surface area (Å²) < 4.78 is 26.3. The average Bonchev–Trinajstić information content (AvgIpc) is 2.85. The Balaban J connectivity index is 2.54. The third-order valence-electron chi connectivity index (χ3n) is 2.28. The van der Waals surface area contributed by atoms with Gasteiger partial charge in [-0.2, -0.15) is 22.7 Å². The molecule has 8 nitrogen and oxygen atoms in total. The lowest BCUT2D eigenvalue weighted by molar-refractivity contribution is 0.0690. The smallest absolute Gasteiger partial charge is 0.356 e. The van der Waals surface area contributed by atoms with Gasteiger partial charge in [-0.3, -0.25) is 4.68 Å². The van der Waals surface area contributed by atoms with Crippen molar-refractivity contribution in [3.63, 3.8) is 0 Å². The minimum absolute atomic E-state index is 0.00922. The second kappa shape index (κ2) is 3.95. The molecule has 0 saturated heterocycles. The molecular formula is C9H10N4O4S. The normalized spacial score (nSPS) is 11.7. The number of carboxylic acid groups (broad SMARTS) is 1. The summed E-state index contributed by atoms with van der Waals surface area (Å²) in [7, 11) is -2.31. The van der Waals surface area contributed by atoms with E-state index in [0.717, 1.165) is 12.3 Å². The third kappa shape index (κ3) is 1.88. The van der Waals surface area contributed by atoms with Crippen LogP contribution in [0.5, 0.6) is 0 Å². The van der Waals surface area contributed by atoms with Crippen LogP contribution in [0.15, 0.2) is 23.4 Å². The van der Waals surface area contributed by atoms with Crippen molar-refractivity contribution in [1.29, 1.82) is 0 Å². The molecule has 0 atom stereocenters. The molecular weight excluding hydrogens is 260 g/mol. The van der Waals surface area contributed by atoms with Crippen LogP contribution < -0.4 is 0 Å². The van der Waals surface area contributed by atoms with Crippen molar-refractivity contribution in [2.45, 2.75) is 11.8 Å². The lowest BCUT2D eigenvalue weighted by atomic mass is 10.5. The molecule has 0 amide bonds. The van der Waals surface area contributed by atoms with E-state index >= 15 is 0 Å². The number of aryl methyl sites for hydroxylation is 2. The van der Waals surface area contributed by atoms with E-state index in [9.17, 15) is 13.2 Å². The zero-order valence-corrected chi connectivity index (χ0v) is 10.4. The van der Waals surface area contributed by atoms with Gasteiger partial charge in [0.2, 0.25) is 0 Å². The maximum Gasteiger partial charge on any atom is 0.356 e. The van der Waals surface area contributed by atoms with E-state index in [0.29, 0.717) is 9.78 Å². The zero-order valence-electron chi connectivity index (χ0n) is 9.60. The van der Waals surface area contributed by atoms with Gasteiger partial charge in [0, 0.05) is 19.4 Å². The number of carboxylic acids is 1. The van der Waals surface area contributed by atoms with Gasteiger partial charge in [-0.05, 0) is 13.0 Å². The summed E-state index contributed by atoms with van der Waals surface area (Å²) in [6, 6.07) is 1.12. The van der Waals surface area contributed by atoms with Crippen LogP contribution in [0, 0.1) is 6.92 Å². The van der Waals surface area contributed by atoms with Crippen LogP contribution in [-0.4, -0.2) is 38.5 Å². The fourth-order valence-electron chi connectivity index (χ4n) is 1.49. The molecule has 0 spiro atoms. The highest BCUT2D eigenvalue weighted by molar-refractivity contribution is 7.89. The molecule has 0 aromatic carbocycles. The summed E-state index contributed by atoms with van der Waals surface area (Å²) in [5, 5.41) is 16.1. The first-order valence-corrected chi connectivity index (χ1v) is 6.31. The van der Waals surface area contributed by atoms with Gasteiger partial charge in [0.15, 0.2) is 5.69 Å². The topological polar surface area (TPSA) is 107 Å². The van der Waals surface area contributed by atoms with Crippen LogP contribution in [0.1, 0.15) is 16.2 Å². The summed E-state index contributed by atoms with van der Waals surface area (Å²) in [4.78, 5) is 10.7.